The van der Waals surface area contributed by atoms with Gasteiger partial charge in [-0.2, -0.15) is 0 Å². The van der Waals surface area contributed by atoms with Crippen molar-refractivity contribution in [3.05, 3.63) is 16.4 Å². The van der Waals surface area contributed by atoms with Crippen LogP contribution in [-0.4, -0.2) is 34.1 Å². The third-order valence-corrected chi connectivity index (χ3v) is 3.44. The largest absolute Gasteiger partial charge is 0.376 e. The second-order valence-electron chi connectivity index (χ2n) is 4.88. The topological polar surface area (TPSA) is 128 Å². The molecule has 0 radical (unpaired) electrons. The fourth-order valence-electron chi connectivity index (χ4n) is 2.41. The van der Waals surface area contributed by atoms with Crippen LogP contribution < -0.4 is 16.6 Å². The Kier molecular flexibility index (Phi) is 5.64. The molecule has 1 aromatic rings. The normalized spacial score (nSPS) is 15.7. The maximum Gasteiger partial charge on any atom is 0.354 e. The van der Waals surface area contributed by atoms with E-state index in [-0.39, 0.29) is 17.3 Å². The molecule has 1 aromatic heterocycles. The lowest BCUT2D eigenvalue weighted by atomic mass is 9.98. The van der Waals surface area contributed by atoms with Crippen LogP contribution in [0.5, 0.6) is 0 Å². The lowest BCUT2D eigenvalue weighted by Crippen LogP contribution is -2.21. The molecule has 2 rings (SSSR count). The molecule has 1 aliphatic carbocycles. The summed E-state index contributed by atoms with van der Waals surface area (Å²) in [6.45, 7) is 0.926. The van der Waals surface area contributed by atoms with E-state index in [0.29, 0.717) is 19.3 Å². The Balaban J connectivity index is 1.86. The van der Waals surface area contributed by atoms with E-state index >= 15 is 0 Å². The predicted octanol–water partition coefficient (Wildman–Crippen LogP) is 1.43. The van der Waals surface area contributed by atoms with Gasteiger partial charge < -0.3 is 15.5 Å². The van der Waals surface area contributed by atoms with Gasteiger partial charge in [-0.05, 0) is 12.8 Å². The number of nitrogens with one attached hydrogen (secondary N) is 2. The molecule has 4 N–H and O–H groups in total. The van der Waals surface area contributed by atoms with Gasteiger partial charge in [-0.1, -0.05) is 19.3 Å². The lowest BCUT2D eigenvalue weighted by Gasteiger charge is -2.22. The van der Waals surface area contributed by atoms with Gasteiger partial charge in [0, 0.05) is 6.54 Å². The Morgan fingerprint density at radius 1 is 1.33 bits per heavy atom. The highest BCUT2D eigenvalue weighted by atomic mass is 16.6. The third-order valence-electron chi connectivity index (χ3n) is 3.44. The Hall–Kier alpha value is -2.00. The summed E-state index contributed by atoms with van der Waals surface area (Å²) in [5.41, 5.74) is 1.93. The summed E-state index contributed by atoms with van der Waals surface area (Å²) < 4.78 is 5.75. The Morgan fingerprint density at radius 2 is 2.05 bits per heavy atom. The fourth-order valence-corrected chi connectivity index (χ4v) is 2.41. The van der Waals surface area contributed by atoms with E-state index in [1.807, 2.05) is 0 Å². The molecule has 0 aromatic carbocycles. The van der Waals surface area contributed by atoms with Crippen molar-refractivity contribution in [1.29, 1.82) is 0 Å². The first kappa shape index (κ1) is 15.4. The number of hydrogen-bond acceptors (Lipinski definition) is 8. The van der Waals surface area contributed by atoms with Crippen LogP contribution in [-0.2, 0) is 4.74 Å². The van der Waals surface area contributed by atoms with Crippen LogP contribution in [0.1, 0.15) is 32.1 Å². The highest BCUT2D eigenvalue weighted by molar-refractivity contribution is 5.68. The molecule has 21 heavy (non-hydrogen) atoms. The maximum atomic E-state index is 11.0. The molecule has 0 amide bonds. The van der Waals surface area contributed by atoms with E-state index in [1.165, 1.54) is 25.6 Å². The van der Waals surface area contributed by atoms with Crippen molar-refractivity contribution in [2.24, 2.45) is 5.84 Å². The first-order valence-electron chi connectivity index (χ1n) is 7.04. The van der Waals surface area contributed by atoms with Gasteiger partial charge in [0.1, 0.15) is 6.33 Å². The standard InChI is InChI=1S/C12H20N6O3/c13-17-12-10(18(19)20)11(15-8-16-12)14-6-7-21-9-4-2-1-3-5-9/h8-9H,1-7,13H2,(H2,14,15,16,17). The summed E-state index contributed by atoms with van der Waals surface area (Å²) in [7, 11) is 0. The summed E-state index contributed by atoms with van der Waals surface area (Å²) >= 11 is 0. The van der Waals surface area contributed by atoms with E-state index < -0.39 is 4.92 Å². The Bertz CT molecular complexity index is 478. The van der Waals surface area contributed by atoms with E-state index in [4.69, 9.17) is 10.6 Å². The summed E-state index contributed by atoms with van der Waals surface area (Å²) in [4.78, 5) is 18.1. The molecule has 0 atom stereocenters. The van der Waals surface area contributed by atoms with Crippen LogP contribution in [0.4, 0.5) is 17.3 Å². The average molecular weight is 296 g/mol. The first-order chi connectivity index (χ1) is 10.2. The number of ether oxygens (including phenoxy) is 1. The lowest BCUT2D eigenvalue weighted by molar-refractivity contribution is -0.383. The number of aromatic nitrogens is 2. The van der Waals surface area contributed by atoms with E-state index in [0.717, 1.165) is 12.8 Å². The van der Waals surface area contributed by atoms with Crippen molar-refractivity contribution >= 4 is 17.3 Å². The van der Waals surface area contributed by atoms with Gasteiger partial charge in [0.2, 0.25) is 11.6 Å². The van der Waals surface area contributed by atoms with Gasteiger partial charge in [-0.3, -0.25) is 10.1 Å². The predicted molar refractivity (Wildman–Crippen MR) is 77.8 cm³/mol. The van der Waals surface area contributed by atoms with Crippen LogP contribution in [0.25, 0.3) is 0 Å². The molecule has 0 bridgehead atoms. The van der Waals surface area contributed by atoms with Crippen LogP contribution >= 0.6 is 0 Å². The van der Waals surface area contributed by atoms with Crippen molar-refractivity contribution in [3.63, 3.8) is 0 Å². The monoisotopic (exact) mass is 296 g/mol. The van der Waals surface area contributed by atoms with E-state index in [1.54, 1.807) is 0 Å². The molecule has 9 nitrogen and oxygen atoms in total. The Morgan fingerprint density at radius 3 is 2.71 bits per heavy atom. The molecule has 1 saturated carbocycles. The van der Waals surface area contributed by atoms with Gasteiger partial charge in [0.05, 0.1) is 17.6 Å². The quantitative estimate of drug-likeness (QED) is 0.298. The molecule has 1 aliphatic rings. The number of rotatable bonds is 7. The molecule has 9 heteroatoms. The smallest absolute Gasteiger partial charge is 0.354 e. The molecule has 1 fully saturated rings. The van der Waals surface area contributed by atoms with Gasteiger partial charge in [-0.15, -0.1) is 0 Å². The van der Waals surface area contributed by atoms with Crippen LogP contribution in [0.15, 0.2) is 6.33 Å². The molecule has 0 aliphatic heterocycles. The van der Waals surface area contributed by atoms with Gasteiger partial charge in [0.15, 0.2) is 0 Å². The van der Waals surface area contributed by atoms with Gasteiger partial charge in [0.25, 0.3) is 0 Å². The first-order valence-corrected chi connectivity index (χ1v) is 7.04. The zero-order valence-corrected chi connectivity index (χ0v) is 11.7. The van der Waals surface area contributed by atoms with Gasteiger partial charge >= 0.3 is 5.69 Å². The summed E-state index contributed by atoms with van der Waals surface area (Å²) in [5, 5.41) is 13.9. The number of nitrogen functional groups attached to an aromatic ring is 1. The minimum Gasteiger partial charge on any atom is -0.376 e. The molecular weight excluding hydrogens is 276 g/mol. The number of nitrogens with zero attached hydrogens (tertiary/aromatic N) is 3. The minimum atomic E-state index is -0.570. The average Bonchev–Trinajstić information content (AvgIpc) is 2.52. The molecular formula is C12H20N6O3. The van der Waals surface area contributed by atoms with Gasteiger partial charge in [-0.25, -0.2) is 15.8 Å². The number of nitrogens with two attached hydrogens (primary N) is 1. The van der Waals surface area contributed by atoms with Crippen LogP contribution in [0.2, 0.25) is 0 Å². The zero-order valence-electron chi connectivity index (χ0n) is 11.7. The zero-order chi connectivity index (χ0) is 15.1. The number of nitro groups is 1. The second-order valence-corrected chi connectivity index (χ2v) is 4.88. The van der Waals surface area contributed by atoms with Crippen molar-refractivity contribution in [3.8, 4) is 0 Å². The highest BCUT2D eigenvalue weighted by Crippen LogP contribution is 2.27. The molecule has 0 saturated heterocycles. The van der Waals surface area contributed by atoms with Crippen molar-refractivity contribution < 1.29 is 9.66 Å². The Labute approximate surface area is 122 Å². The van der Waals surface area contributed by atoms with Crippen LogP contribution in [0, 0.1) is 10.1 Å². The molecule has 1 heterocycles. The fraction of sp³-hybridized carbons (Fsp3) is 0.667. The molecule has 0 spiro atoms. The number of hydrazine groups is 1. The van der Waals surface area contributed by atoms with E-state index in [2.05, 4.69) is 20.7 Å². The third kappa shape index (κ3) is 4.23. The number of hydrogen-bond donors (Lipinski definition) is 3. The summed E-state index contributed by atoms with van der Waals surface area (Å²) in [6, 6.07) is 0. The second kappa shape index (κ2) is 7.70. The van der Waals surface area contributed by atoms with Crippen molar-refractivity contribution in [2.75, 3.05) is 23.9 Å². The molecule has 116 valence electrons. The minimum absolute atomic E-state index is 0.0225. The van der Waals surface area contributed by atoms with Crippen molar-refractivity contribution in [1.82, 2.24) is 9.97 Å². The number of anilines is 2. The highest BCUT2D eigenvalue weighted by Gasteiger charge is 2.22. The molecule has 0 unspecified atom stereocenters. The summed E-state index contributed by atoms with van der Waals surface area (Å²) in [6.07, 6.45) is 7.40. The van der Waals surface area contributed by atoms with Crippen molar-refractivity contribution in [2.45, 2.75) is 38.2 Å². The van der Waals surface area contributed by atoms with E-state index in [9.17, 15) is 10.1 Å². The summed E-state index contributed by atoms with van der Waals surface area (Å²) in [5.74, 6) is 5.32. The maximum absolute atomic E-state index is 11.0. The van der Waals surface area contributed by atoms with Crippen LogP contribution in [0.3, 0.4) is 0 Å². The SMILES string of the molecule is NNc1ncnc(NCCOC2CCCCC2)c1[N+](=O)[O-].